The van der Waals surface area contributed by atoms with Crippen LogP contribution >= 0.6 is 0 Å². The van der Waals surface area contributed by atoms with Gasteiger partial charge in [0.2, 0.25) is 0 Å². The molecule has 0 radical (unpaired) electrons. The highest BCUT2D eigenvalue weighted by molar-refractivity contribution is 6.48. The van der Waals surface area contributed by atoms with E-state index in [0.29, 0.717) is 17.2 Å². The van der Waals surface area contributed by atoms with Crippen LogP contribution in [0.3, 0.4) is 0 Å². The second kappa shape index (κ2) is 7.99. The predicted octanol–water partition coefficient (Wildman–Crippen LogP) is 6.16. The summed E-state index contributed by atoms with van der Waals surface area (Å²) in [6, 6.07) is 15.0. The molecular formula is C25H11F5N4O. The number of nitrogens with zero attached hydrogens (tertiary/aromatic N) is 4. The number of hydrogen-bond donors (Lipinski definition) is 0. The number of aliphatic imine (C=N–C) groups is 1. The molecule has 2 heterocycles. The largest absolute Gasteiger partial charge is 0.417 e. The lowest BCUT2D eigenvalue weighted by Crippen LogP contribution is -2.18. The molecular weight excluding hydrogens is 467 g/mol. The summed E-state index contributed by atoms with van der Waals surface area (Å²) in [6.07, 6.45) is -4.76. The Kier molecular flexibility index (Phi) is 5.06. The summed E-state index contributed by atoms with van der Waals surface area (Å²) in [5, 5.41) is 13.1. The third-order valence-electron chi connectivity index (χ3n) is 5.45. The van der Waals surface area contributed by atoms with E-state index in [1.54, 1.807) is 0 Å². The lowest BCUT2D eigenvalue weighted by atomic mass is 9.96. The van der Waals surface area contributed by atoms with Crippen LogP contribution in [0.5, 0.6) is 0 Å². The number of rotatable bonds is 3. The van der Waals surface area contributed by atoms with Gasteiger partial charge >= 0.3 is 6.18 Å². The monoisotopic (exact) mass is 478 g/mol. The Morgan fingerprint density at radius 2 is 1.63 bits per heavy atom. The molecule has 10 heteroatoms. The van der Waals surface area contributed by atoms with E-state index in [4.69, 9.17) is 5.26 Å². The number of alkyl halides is 3. The topological polar surface area (TPSA) is 71.0 Å². The number of carbonyl (C=O) groups excluding carboxylic acids is 1. The number of benzene rings is 3. The SMILES string of the molecule is N#Cc1ccc(C2=Nc3c(-c4ccc(F)cc4F)c(-c4ccccc4C(F)(F)F)nn3C2=O)cc1. The fourth-order valence-corrected chi connectivity index (χ4v) is 3.86. The molecule has 1 aromatic heterocycles. The highest BCUT2D eigenvalue weighted by Crippen LogP contribution is 2.46. The fourth-order valence-electron chi connectivity index (χ4n) is 3.86. The molecule has 5 rings (SSSR count). The van der Waals surface area contributed by atoms with Gasteiger partial charge in [-0.3, -0.25) is 4.79 Å². The maximum absolute atomic E-state index is 14.8. The Bertz CT molecular complexity index is 1580. The zero-order chi connectivity index (χ0) is 24.9. The van der Waals surface area contributed by atoms with Crippen LogP contribution in [0.4, 0.5) is 27.8 Å². The molecule has 3 aromatic carbocycles. The molecule has 1 aliphatic heterocycles. The molecule has 0 fully saturated rings. The summed E-state index contributed by atoms with van der Waals surface area (Å²) in [7, 11) is 0. The summed E-state index contributed by atoms with van der Waals surface area (Å²) < 4.78 is 70.5. The van der Waals surface area contributed by atoms with Gasteiger partial charge in [0, 0.05) is 22.8 Å². The molecule has 0 saturated carbocycles. The minimum atomic E-state index is -4.76. The van der Waals surface area contributed by atoms with Crippen molar-refractivity contribution in [3.05, 3.63) is 95.1 Å². The maximum Gasteiger partial charge on any atom is 0.417 e. The van der Waals surface area contributed by atoms with Crippen LogP contribution < -0.4 is 0 Å². The van der Waals surface area contributed by atoms with Crippen molar-refractivity contribution in [3.8, 4) is 28.5 Å². The first kappa shape index (κ1) is 22.2. The first-order chi connectivity index (χ1) is 16.7. The van der Waals surface area contributed by atoms with Gasteiger partial charge in [-0.1, -0.05) is 30.3 Å². The van der Waals surface area contributed by atoms with E-state index in [1.807, 2.05) is 6.07 Å². The summed E-state index contributed by atoms with van der Waals surface area (Å²) in [6.45, 7) is 0. The number of halogens is 5. The molecule has 0 saturated heterocycles. The quantitative estimate of drug-likeness (QED) is 0.331. The van der Waals surface area contributed by atoms with Crippen molar-refractivity contribution in [2.24, 2.45) is 4.99 Å². The van der Waals surface area contributed by atoms with Gasteiger partial charge in [-0.05, 0) is 30.3 Å². The number of nitriles is 1. The Labute approximate surface area is 194 Å². The van der Waals surface area contributed by atoms with Crippen molar-refractivity contribution < 1.29 is 26.7 Å². The van der Waals surface area contributed by atoms with Crippen LogP contribution in [0.25, 0.3) is 22.4 Å². The van der Waals surface area contributed by atoms with E-state index >= 15 is 0 Å². The lowest BCUT2D eigenvalue weighted by Gasteiger charge is -2.13. The second-order valence-corrected chi connectivity index (χ2v) is 7.58. The second-order valence-electron chi connectivity index (χ2n) is 7.58. The van der Waals surface area contributed by atoms with Gasteiger partial charge in [0.1, 0.15) is 23.0 Å². The average Bonchev–Trinajstić information content (AvgIpc) is 3.35. The molecule has 0 unspecified atom stereocenters. The summed E-state index contributed by atoms with van der Waals surface area (Å²) >= 11 is 0. The molecule has 0 spiro atoms. The zero-order valence-electron chi connectivity index (χ0n) is 17.4. The van der Waals surface area contributed by atoms with E-state index in [9.17, 15) is 26.7 Å². The molecule has 5 nitrogen and oxygen atoms in total. The van der Waals surface area contributed by atoms with Crippen molar-refractivity contribution in [2.75, 3.05) is 0 Å². The molecule has 172 valence electrons. The molecule has 0 amide bonds. The van der Waals surface area contributed by atoms with Crippen molar-refractivity contribution >= 4 is 17.4 Å². The van der Waals surface area contributed by atoms with E-state index in [-0.39, 0.29) is 33.9 Å². The van der Waals surface area contributed by atoms with Crippen molar-refractivity contribution in [3.63, 3.8) is 0 Å². The van der Waals surface area contributed by atoms with Crippen molar-refractivity contribution in [1.82, 2.24) is 9.78 Å². The summed E-state index contributed by atoms with van der Waals surface area (Å²) in [5.41, 5.74) is -1.60. The molecule has 1 aliphatic rings. The van der Waals surface area contributed by atoms with Crippen LogP contribution in [0.2, 0.25) is 0 Å². The summed E-state index contributed by atoms with van der Waals surface area (Å²) in [5.74, 6) is -2.87. The van der Waals surface area contributed by atoms with E-state index < -0.39 is 29.3 Å². The fraction of sp³-hybridized carbons (Fsp3) is 0.0400. The van der Waals surface area contributed by atoms with Crippen LogP contribution in [0, 0.1) is 23.0 Å². The average molecular weight is 478 g/mol. The highest BCUT2D eigenvalue weighted by Gasteiger charge is 2.38. The minimum absolute atomic E-state index is 0.0867. The van der Waals surface area contributed by atoms with Crippen LogP contribution in [0.1, 0.15) is 21.5 Å². The third kappa shape index (κ3) is 3.67. The van der Waals surface area contributed by atoms with Crippen LogP contribution in [0.15, 0.2) is 71.7 Å². The normalized spacial score (nSPS) is 12.9. The van der Waals surface area contributed by atoms with Gasteiger partial charge in [-0.2, -0.15) is 28.2 Å². The van der Waals surface area contributed by atoms with Gasteiger partial charge in [-0.25, -0.2) is 13.8 Å². The van der Waals surface area contributed by atoms with E-state index in [1.165, 1.54) is 36.4 Å². The molecule has 4 aromatic rings. The van der Waals surface area contributed by atoms with Gasteiger partial charge in [0.05, 0.1) is 22.8 Å². The third-order valence-corrected chi connectivity index (χ3v) is 5.45. The number of hydrogen-bond acceptors (Lipinski definition) is 4. The standard InChI is InChI=1S/C25H11F5N4O/c26-15-9-10-17(19(27)11-15)20-22(16-3-1-2-4-18(16)25(28,29)30)33-34-23(20)32-21(24(34)35)14-7-5-13(12-31)6-8-14/h1-11H. The first-order valence-electron chi connectivity index (χ1n) is 10.1. The Balaban J connectivity index is 1.79. The van der Waals surface area contributed by atoms with Gasteiger partial charge in [0.15, 0.2) is 5.82 Å². The van der Waals surface area contributed by atoms with Crippen molar-refractivity contribution in [2.45, 2.75) is 6.18 Å². The van der Waals surface area contributed by atoms with Gasteiger partial charge in [0.25, 0.3) is 5.91 Å². The molecule has 0 aliphatic carbocycles. The van der Waals surface area contributed by atoms with Crippen molar-refractivity contribution in [1.29, 1.82) is 5.26 Å². The highest BCUT2D eigenvalue weighted by atomic mass is 19.4. The predicted molar refractivity (Wildman–Crippen MR) is 116 cm³/mol. The van der Waals surface area contributed by atoms with E-state index in [2.05, 4.69) is 10.1 Å². The van der Waals surface area contributed by atoms with Gasteiger partial charge in [-0.15, -0.1) is 0 Å². The zero-order valence-corrected chi connectivity index (χ0v) is 17.4. The van der Waals surface area contributed by atoms with Crippen LogP contribution in [-0.4, -0.2) is 21.4 Å². The number of aromatic nitrogens is 2. The molecule has 0 bridgehead atoms. The molecule has 35 heavy (non-hydrogen) atoms. The lowest BCUT2D eigenvalue weighted by molar-refractivity contribution is -0.137. The van der Waals surface area contributed by atoms with E-state index in [0.717, 1.165) is 28.9 Å². The smallest absolute Gasteiger partial charge is 0.265 e. The Morgan fingerprint density at radius 1 is 0.914 bits per heavy atom. The minimum Gasteiger partial charge on any atom is -0.265 e. The first-order valence-corrected chi connectivity index (χ1v) is 10.1. The van der Waals surface area contributed by atoms with Gasteiger partial charge < -0.3 is 0 Å². The Morgan fingerprint density at radius 3 is 2.29 bits per heavy atom. The number of carbonyl (C=O) groups is 1. The Hall–Kier alpha value is -4.65. The maximum atomic E-state index is 14.8. The summed E-state index contributed by atoms with van der Waals surface area (Å²) in [4.78, 5) is 17.4. The van der Waals surface area contributed by atoms with Crippen LogP contribution in [-0.2, 0) is 6.18 Å². The molecule has 0 atom stereocenters. The number of fused-ring (bicyclic) bond motifs is 1. The molecule has 0 N–H and O–H groups in total.